The van der Waals surface area contributed by atoms with Crippen molar-refractivity contribution in [3.8, 4) is 33.8 Å². The lowest BCUT2D eigenvalue weighted by Gasteiger charge is -2.26. The predicted octanol–water partition coefficient (Wildman–Crippen LogP) is 12.1. The van der Waals surface area contributed by atoms with Crippen molar-refractivity contribution >= 4 is 37.9 Å². The van der Waals surface area contributed by atoms with Crippen LogP contribution in [0.5, 0.6) is 11.5 Å². The van der Waals surface area contributed by atoms with Crippen LogP contribution in [-0.4, -0.2) is 0 Å². The molecule has 0 saturated heterocycles. The van der Waals surface area contributed by atoms with E-state index in [1.165, 1.54) is 16.7 Å². The molecule has 0 unspecified atom stereocenters. The lowest BCUT2D eigenvalue weighted by molar-refractivity contribution is 0.483. The highest BCUT2D eigenvalue weighted by Gasteiger charge is 2.21. The topological polar surface area (TPSA) is 22.4 Å². The first-order valence-corrected chi connectivity index (χ1v) is 14.9. The molecular weight excluding hydrogens is 568 g/mol. The molecule has 0 aliphatic rings. The van der Waals surface area contributed by atoms with Crippen LogP contribution in [0.2, 0.25) is 0 Å². The fraction of sp³-hybridized carbons (Fsp3) is 0.211. The first kappa shape index (κ1) is 27.4. The lowest BCUT2D eigenvalue weighted by atomic mass is 9.79. The second-order valence-electron chi connectivity index (χ2n) is 12.9. The SMILES string of the molecule is CC(C)(C)c1cc(-c2cccc(Oc3cc(Br)cc(-c4cccc5oc6ccccc6c45)c3)c2)cc(C(C)(C)C)c1. The summed E-state index contributed by atoms with van der Waals surface area (Å²) >= 11 is 3.73. The van der Waals surface area contributed by atoms with E-state index in [1.54, 1.807) is 0 Å². The zero-order chi connectivity index (χ0) is 28.9. The standard InChI is InChI=1S/C38H35BrO2/c1-37(2,3)27-17-25(18-28(22-27)38(4,5)6)24-11-9-12-30(20-24)40-31-21-26(19-29(39)23-31)32-14-10-16-35-36(32)33-13-7-8-15-34(33)41-35/h7-23H,1-6H3. The van der Waals surface area contributed by atoms with Crippen LogP contribution in [0.25, 0.3) is 44.2 Å². The quantitative estimate of drug-likeness (QED) is 0.200. The van der Waals surface area contributed by atoms with Crippen LogP contribution in [-0.2, 0) is 10.8 Å². The summed E-state index contributed by atoms with van der Waals surface area (Å²) in [4.78, 5) is 0. The van der Waals surface area contributed by atoms with Crippen LogP contribution < -0.4 is 4.74 Å². The van der Waals surface area contributed by atoms with Crippen LogP contribution in [0, 0.1) is 0 Å². The van der Waals surface area contributed by atoms with Crippen molar-refractivity contribution in [2.24, 2.45) is 0 Å². The van der Waals surface area contributed by atoms with Gasteiger partial charge in [-0.15, -0.1) is 0 Å². The third-order valence-electron chi connectivity index (χ3n) is 7.65. The van der Waals surface area contributed by atoms with Crippen LogP contribution in [0.15, 0.2) is 112 Å². The number of hydrogen-bond acceptors (Lipinski definition) is 2. The van der Waals surface area contributed by atoms with E-state index in [2.05, 4.69) is 124 Å². The number of halogens is 1. The van der Waals surface area contributed by atoms with Gasteiger partial charge in [0.15, 0.2) is 0 Å². The molecule has 41 heavy (non-hydrogen) atoms. The van der Waals surface area contributed by atoms with Gasteiger partial charge in [-0.05, 0) is 86.7 Å². The molecule has 3 heteroatoms. The van der Waals surface area contributed by atoms with E-state index in [-0.39, 0.29) is 10.8 Å². The molecule has 0 fully saturated rings. The minimum absolute atomic E-state index is 0.0556. The fourth-order valence-corrected chi connectivity index (χ4v) is 5.80. The molecule has 0 spiro atoms. The van der Waals surface area contributed by atoms with E-state index in [4.69, 9.17) is 9.15 Å². The van der Waals surface area contributed by atoms with Gasteiger partial charge in [0.25, 0.3) is 0 Å². The zero-order valence-corrected chi connectivity index (χ0v) is 26.1. The second-order valence-corrected chi connectivity index (χ2v) is 13.8. The van der Waals surface area contributed by atoms with Crippen molar-refractivity contribution in [1.82, 2.24) is 0 Å². The summed E-state index contributed by atoms with van der Waals surface area (Å²) in [5.41, 5.74) is 9.09. The van der Waals surface area contributed by atoms with Crippen molar-refractivity contribution in [1.29, 1.82) is 0 Å². The van der Waals surface area contributed by atoms with Gasteiger partial charge in [0.05, 0.1) is 0 Å². The molecule has 0 aliphatic heterocycles. The molecule has 0 bridgehead atoms. The van der Waals surface area contributed by atoms with Gasteiger partial charge in [-0.25, -0.2) is 0 Å². The summed E-state index contributed by atoms with van der Waals surface area (Å²) in [6.45, 7) is 13.6. The van der Waals surface area contributed by atoms with Crippen molar-refractivity contribution in [3.63, 3.8) is 0 Å². The first-order chi connectivity index (χ1) is 19.5. The van der Waals surface area contributed by atoms with Gasteiger partial charge < -0.3 is 9.15 Å². The number of hydrogen-bond donors (Lipinski definition) is 0. The number of para-hydroxylation sites is 1. The van der Waals surface area contributed by atoms with Crippen LogP contribution in [0.4, 0.5) is 0 Å². The average Bonchev–Trinajstić information content (AvgIpc) is 3.31. The maximum absolute atomic E-state index is 6.51. The number of rotatable bonds is 4. The smallest absolute Gasteiger partial charge is 0.136 e. The maximum Gasteiger partial charge on any atom is 0.136 e. The van der Waals surface area contributed by atoms with E-state index < -0.39 is 0 Å². The number of fused-ring (bicyclic) bond motifs is 3. The molecule has 0 saturated carbocycles. The summed E-state index contributed by atoms with van der Waals surface area (Å²) < 4.78 is 13.6. The minimum atomic E-state index is 0.0556. The average molecular weight is 604 g/mol. The third-order valence-corrected chi connectivity index (χ3v) is 8.11. The third kappa shape index (κ3) is 5.56. The fourth-order valence-electron chi connectivity index (χ4n) is 5.33. The van der Waals surface area contributed by atoms with E-state index in [1.807, 2.05) is 36.4 Å². The zero-order valence-electron chi connectivity index (χ0n) is 24.5. The van der Waals surface area contributed by atoms with Gasteiger partial charge in [0.1, 0.15) is 22.7 Å². The Morgan fingerprint density at radius 3 is 1.95 bits per heavy atom. The molecule has 6 aromatic rings. The Bertz CT molecular complexity index is 1860. The molecular formula is C38H35BrO2. The molecule has 1 aromatic heterocycles. The first-order valence-electron chi connectivity index (χ1n) is 14.1. The molecule has 206 valence electrons. The van der Waals surface area contributed by atoms with Crippen LogP contribution in [0.1, 0.15) is 52.7 Å². The number of ether oxygens (including phenoxy) is 1. The molecule has 0 aliphatic carbocycles. The van der Waals surface area contributed by atoms with Gasteiger partial charge in [-0.3, -0.25) is 0 Å². The van der Waals surface area contributed by atoms with Gasteiger partial charge in [0.2, 0.25) is 0 Å². The van der Waals surface area contributed by atoms with Crippen molar-refractivity contribution < 1.29 is 9.15 Å². The van der Waals surface area contributed by atoms with Crippen LogP contribution >= 0.6 is 15.9 Å². The Balaban J connectivity index is 1.39. The van der Waals surface area contributed by atoms with Crippen molar-refractivity contribution in [2.45, 2.75) is 52.4 Å². The van der Waals surface area contributed by atoms with E-state index >= 15 is 0 Å². The highest BCUT2D eigenvalue weighted by molar-refractivity contribution is 9.10. The Labute approximate surface area is 251 Å². The van der Waals surface area contributed by atoms with E-state index in [0.29, 0.717) is 0 Å². The monoisotopic (exact) mass is 602 g/mol. The summed E-state index contributed by atoms with van der Waals surface area (Å²) in [7, 11) is 0. The molecule has 0 N–H and O–H groups in total. The summed E-state index contributed by atoms with van der Waals surface area (Å²) in [5.74, 6) is 1.58. The molecule has 6 rings (SSSR count). The van der Waals surface area contributed by atoms with Gasteiger partial charge in [0, 0.05) is 15.2 Å². The molecule has 0 radical (unpaired) electrons. The predicted molar refractivity (Wildman–Crippen MR) is 176 cm³/mol. The van der Waals surface area contributed by atoms with Gasteiger partial charge >= 0.3 is 0 Å². The second kappa shape index (κ2) is 10.2. The molecule has 0 amide bonds. The molecule has 2 nitrogen and oxygen atoms in total. The molecule has 0 atom stereocenters. The van der Waals surface area contributed by atoms with Gasteiger partial charge in [-0.1, -0.05) is 118 Å². The largest absolute Gasteiger partial charge is 0.457 e. The Morgan fingerprint density at radius 1 is 0.561 bits per heavy atom. The highest BCUT2D eigenvalue weighted by Crippen LogP contribution is 2.40. The summed E-state index contributed by atoms with van der Waals surface area (Å²) in [6.07, 6.45) is 0. The minimum Gasteiger partial charge on any atom is -0.457 e. The number of benzene rings is 5. The summed E-state index contributed by atoms with van der Waals surface area (Å²) in [6, 6.07) is 36.1. The maximum atomic E-state index is 6.51. The Hall–Kier alpha value is -3.82. The summed E-state index contributed by atoms with van der Waals surface area (Å²) in [5, 5.41) is 2.22. The Morgan fingerprint density at radius 2 is 1.22 bits per heavy atom. The number of furan rings is 1. The van der Waals surface area contributed by atoms with Crippen LogP contribution in [0.3, 0.4) is 0 Å². The highest BCUT2D eigenvalue weighted by atomic mass is 79.9. The van der Waals surface area contributed by atoms with Crippen molar-refractivity contribution in [2.75, 3.05) is 0 Å². The van der Waals surface area contributed by atoms with E-state index in [9.17, 15) is 0 Å². The normalized spacial score (nSPS) is 12.3. The Kier molecular flexibility index (Phi) is 6.82. The lowest BCUT2D eigenvalue weighted by Crippen LogP contribution is -2.16. The molecule has 5 aromatic carbocycles. The molecule has 1 heterocycles. The van der Waals surface area contributed by atoms with Gasteiger partial charge in [-0.2, -0.15) is 0 Å². The van der Waals surface area contributed by atoms with Crippen molar-refractivity contribution in [3.05, 3.63) is 119 Å². The van der Waals surface area contributed by atoms with E-state index in [0.717, 1.165) is 54.6 Å².